The first-order valence-corrected chi connectivity index (χ1v) is 9.84. The Kier molecular flexibility index (Phi) is 5.90. The van der Waals surface area contributed by atoms with E-state index in [1.54, 1.807) is 12.1 Å². The number of pyridine rings is 1. The molecule has 0 saturated carbocycles. The Morgan fingerprint density at radius 3 is 2.03 bits per heavy atom. The molecule has 30 heavy (non-hydrogen) atoms. The fourth-order valence-electron chi connectivity index (χ4n) is 3.27. The second-order valence-electron chi connectivity index (χ2n) is 7.06. The molecule has 0 spiro atoms. The Bertz CT molecular complexity index is 1050. The van der Waals surface area contributed by atoms with Crippen molar-refractivity contribution in [2.24, 2.45) is 0 Å². The molecule has 150 valence electrons. The first-order chi connectivity index (χ1) is 14.7. The highest BCUT2D eigenvalue weighted by Crippen LogP contribution is 2.23. The summed E-state index contributed by atoms with van der Waals surface area (Å²) in [6.45, 7) is 3.37. The molecule has 0 bridgehead atoms. The van der Waals surface area contributed by atoms with Crippen molar-refractivity contribution in [3.8, 4) is 0 Å². The van der Waals surface area contributed by atoms with Gasteiger partial charge in [0, 0.05) is 13.1 Å². The van der Waals surface area contributed by atoms with Gasteiger partial charge in [-0.05, 0) is 42.3 Å². The summed E-state index contributed by atoms with van der Waals surface area (Å²) in [4.78, 5) is 19.3. The van der Waals surface area contributed by atoms with Gasteiger partial charge < -0.3 is 14.6 Å². The molecule has 0 aliphatic carbocycles. The number of aromatic nitrogens is 1. The van der Waals surface area contributed by atoms with Gasteiger partial charge in [0.25, 0.3) is 5.91 Å². The van der Waals surface area contributed by atoms with Crippen LogP contribution in [0.15, 0.2) is 95.6 Å². The van der Waals surface area contributed by atoms with E-state index in [1.165, 1.54) is 17.4 Å². The Morgan fingerprint density at radius 2 is 1.50 bits per heavy atom. The van der Waals surface area contributed by atoms with Crippen LogP contribution < -0.4 is 10.2 Å². The van der Waals surface area contributed by atoms with Crippen molar-refractivity contribution in [1.29, 1.82) is 0 Å². The van der Waals surface area contributed by atoms with Crippen LogP contribution in [0.3, 0.4) is 0 Å². The molecule has 0 aliphatic heterocycles. The lowest BCUT2D eigenvalue weighted by Gasteiger charge is -2.25. The van der Waals surface area contributed by atoms with E-state index in [2.05, 4.69) is 34.5 Å². The SMILES string of the molecule is Cc1nc(N(Cc2ccccc2)Cc2ccccc2)ccc1NC(=O)c1ccco1. The van der Waals surface area contributed by atoms with E-state index < -0.39 is 0 Å². The van der Waals surface area contributed by atoms with E-state index in [0.717, 1.165) is 24.6 Å². The van der Waals surface area contributed by atoms with Gasteiger partial charge >= 0.3 is 0 Å². The predicted octanol–water partition coefficient (Wildman–Crippen LogP) is 5.44. The van der Waals surface area contributed by atoms with Crippen LogP contribution >= 0.6 is 0 Å². The highest BCUT2D eigenvalue weighted by atomic mass is 16.3. The molecular formula is C25H23N3O2. The Hall–Kier alpha value is -3.86. The lowest BCUT2D eigenvalue weighted by Crippen LogP contribution is -2.23. The van der Waals surface area contributed by atoms with E-state index in [1.807, 2.05) is 55.5 Å². The van der Waals surface area contributed by atoms with Crippen molar-refractivity contribution in [2.45, 2.75) is 20.0 Å². The minimum atomic E-state index is -0.289. The van der Waals surface area contributed by atoms with Gasteiger partial charge in [0.05, 0.1) is 17.6 Å². The number of hydrogen-bond acceptors (Lipinski definition) is 4. The average Bonchev–Trinajstić information content (AvgIpc) is 3.31. The maximum atomic E-state index is 12.3. The van der Waals surface area contributed by atoms with Gasteiger partial charge in [-0.25, -0.2) is 4.98 Å². The minimum Gasteiger partial charge on any atom is -0.459 e. The molecule has 2 heterocycles. The average molecular weight is 397 g/mol. The zero-order chi connectivity index (χ0) is 20.8. The summed E-state index contributed by atoms with van der Waals surface area (Å²) in [5.74, 6) is 0.840. The highest BCUT2D eigenvalue weighted by Gasteiger charge is 2.14. The van der Waals surface area contributed by atoms with E-state index >= 15 is 0 Å². The molecule has 0 radical (unpaired) electrons. The zero-order valence-corrected chi connectivity index (χ0v) is 16.8. The quantitative estimate of drug-likeness (QED) is 0.451. The number of nitrogens with one attached hydrogen (secondary N) is 1. The van der Waals surface area contributed by atoms with Crippen LogP contribution in [-0.2, 0) is 13.1 Å². The third-order valence-electron chi connectivity index (χ3n) is 4.82. The molecule has 0 aliphatic rings. The van der Waals surface area contributed by atoms with Crippen LogP contribution in [0, 0.1) is 6.92 Å². The van der Waals surface area contributed by atoms with Crippen LogP contribution in [0.2, 0.25) is 0 Å². The van der Waals surface area contributed by atoms with Gasteiger partial charge in [0.2, 0.25) is 0 Å². The number of aryl methyl sites for hydroxylation is 1. The maximum Gasteiger partial charge on any atom is 0.291 e. The second-order valence-corrected chi connectivity index (χ2v) is 7.06. The van der Waals surface area contributed by atoms with Crippen molar-refractivity contribution in [3.63, 3.8) is 0 Å². The molecule has 1 amide bonds. The molecule has 1 N–H and O–H groups in total. The summed E-state index contributed by atoms with van der Waals surface area (Å²) in [7, 11) is 0. The molecule has 5 heteroatoms. The number of amides is 1. The van der Waals surface area contributed by atoms with E-state index in [0.29, 0.717) is 5.69 Å². The number of nitrogens with zero attached hydrogens (tertiary/aromatic N) is 2. The largest absolute Gasteiger partial charge is 0.459 e. The van der Waals surface area contributed by atoms with Crippen LogP contribution in [-0.4, -0.2) is 10.9 Å². The van der Waals surface area contributed by atoms with Crippen molar-refractivity contribution in [3.05, 3.63) is 114 Å². The Balaban J connectivity index is 1.58. The van der Waals surface area contributed by atoms with Gasteiger partial charge in [0.15, 0.2) is 5.76 Å². The summed E-state index contributed by atoms with van der Waals surface area (Å²) in [5, 5.41) is 2.86. The van der Waals surface area contributed by atoms with Gasteiger partial charge in [-0.1, -0.05) is 60.7 Å². The van der Waals surface area contributed by atoms with Crippen LogP contribution in [0.1, 0.15) is 27.4 Å². The first-order valence-electron chi connectivity index (χ1n) is 9.84. The predicted molar refractivity (Wildman–Crippen MR) is 118 cm³/mol. The fourth-order valence-corrected chi connectivity index (χ4v) is 3.27. The van der Waals surface area contributed by atoms with Gasteiger partial charge in [-0.2, -0.15) is 0 Å². The van der Waals surface area contributed by atoms with Crippen LogP contribution in [0.4, 0.5) is 11.5 Å². The zero-order valence-electron chi connectivity index (χ0n) is 16.8. The summed E-state index contributed by atoms with van der Waals surface area (Å²) >= 11 is 0. The van der Waals surface area contributed by atoms with E-state index in [9.17, 15) is 4.79 Å². The summed E-state index contributed by atoms with van der Waals surface area (Å²) < 4.78 is 5.16. The third-order valence-corrected chi connectivity index (χ3v) is 4.82. The van der Waals surface area contributed by atoms with Crippen molar-refractivity contribution in [1.82, 2.24) is 4.98 Å². The number of rotatable bonds is 7. The standard InChI is InChI=1S/C25H23N3O2/c1-19-22(27-25(29)23-13-8-16-30-23)14-15-24(26-19)28(17-20-9-4-2-5-10-20)18-21-11-6-3-7-12-21/h2-16H,17-18H2,1H3,(H,27,29). The lowest BCUT2D eigenvalue weighted by molar-refractivity contribution is 0.0996. The van der Waals surface area contributed by atoms with E-state index in [-0.39, 0.29) is 11.7 Å². The number of anilines is 2. The summed E-state index contributed by atoms with van der Waals surface area (Å²) in [6.07, 6.45) is 1.48. The molecule has 4 aromatic rings. The van der Waals surface area contributed by atoms with Crippen molar-refractivity contribution >= 4 is 17.4 Å². The smallest absolute Gasteiger partial charge is 0.291 e. The van der Waals surface area contributed by atoms with Crippen LogP contribution in [0.25, 0.3) is 0 Å². The summed E-state index contributed by atoms with van der Waals surface area (Å²) in [6, 6.07) is 27.8. The summed E-state index contributed by atoms with van der Waals surface area (Å²) in [5.41, 5.74) is 3.84. The highest BCUT2D eigenvalue weighted by molar-refractivity contribution is 6.02. The molecule has 4 rings (SSSR count). The minimum absolute atomic E-state index is 0.272. The number of furan rings is 1. The number of benzene rings is 2. The van der Waals surface area contributed by atoms with E-state index in [4.69, 9.17) is 9.40 Å². The maximum absolute atomic E-state index is 12.3. The monoisotopic (exact) mass is 397 g/mol. The number of hydrogen-bond donors (Lipinski definition) is 1. The van der Waals surface area contributed by atoms with Crippen molar-refractivity contribution < 1.29 is 9.21 Å². The second kappa shape index (κ2) is 9.09. The molecule has 0 fully saturated rings. The number of carbonyl (C=O) groups is 1. The van der Waals surface area contributed by atoms with Crippen molar-refractivity contribution in [2.75, 3.05) is 10.2 Å². The topological polar surface area (TPSA) is 58.4 Å². The van der Waals surface area contributed by atoms with Gasteiger partial charge in [0.1, 0.15) is 5.82 Å². The van der Waals surface area contributed by atoms with Gasteiger partial charge in [-0.15, -0.1) is 0 Å². The Labute approximate surface area is 176 Å². The lowest BCUT2D eigenvalue weighted by atomic mass is 10.1. The molecule has 2 aromatic carbocycles. The first kappa shape index (κ1) is 19.5. The molecule has 0 unspecified atom stereocenters. The normalized spacial score (nSPS) is 10.6. The molecule has 5 nitrogen and oxygen atoms in total. The fraction of sp³-hybridized carbons (Fsp3) is 0.120. The molecule has 0 atom stereocenters. The Morgan fingerprint density at radius 1 is 0.867 bits per heavy atom. The number of carbonyl (C=O) groups excluding carboxylic acids is 1. The van der Waals surface area contributed by atoms with Crippen LogP contribution in [0.5, 0.6) is 0 Å². The molecule has 2 aromatic heterocycles. The molecular weight excluding hydrogens is 374 g/mol. The third kappa shape index (κ3) is 4.75. The molecule has 0 saturated heterocycles. The van der Waals surface area contributed by atoms with Gasteiger partial charge in [-0.3, -0.25) is 4.79 Å².